The zero-order valence-electron chi connectivity index (χ0n) is 7.79. The molecule has 76 valence electrons. The van der Waals surface area contributed by atoms with Crippen molar-refractivity contribution in [3.05, 3.63) is 22.7 Å². The molecule has 1 aliphatic rings. The number of nitrogens with two attached hydrogens (primary N) is 1. The number of nitrogens with one attached hydrogen (secondary N) is 1. The van der Waals surface area contributed by atoms with Crippen molar-refractivity contribution in [1.82, 2.24) is 0 Å². The molecule has 1 aromatic rings. The molecule has 2 nitrogen and oxygen atoms in total. The third-order valence-corrected chi connectivity index (χ3v) is 4.10. The van der Waals surface area contributed by atoms with Crippen molar-refractivity contribution in [2.75, 3.05) is 22.6 Å². The highest BCUT2D eigenvalue weighted by molar-refractivity contribution is 9.10. The standard InChI is InChI=1S/C10H13BrN2S/c11-9-5-7(12)1-2-10(9)13-8-3-4-14-6-8/h1-2,5,8,13H,3-4,6,12H2. The third-order valence-electron chi connectivity index (χ3n) is 2.28. The Morgan fingerprint density at radius 2 is 2.36 bits per heavy atom. The summed E-state index contributed by atoms with van der Waals surface area (Å²) in [6.45, 7) is 0. The van der Waals surface area contributed by atoms with Gasteiger partial charge in [-0.1, -0.05) is 0 Å². The van der Waals surface area contributed by atoms with Crippen molar-refractivity contribution in [2.45, 2.75) is 12.5 Å². The molecule has 1 aliphatic heterocycles. The van der Waals surface area contributed by atoms with Gasteiger partial charge in [-0.2, -0.15) is 11.8 Å². The Morgan fingerprint density at radius 3 is 3.00 bits per heavy atom. The summed E-state index contributed by atoms with van der Waals surface area (Å²) in [5.74, 6) is 2.47. The normalized spacial score (nSPS) is 21.1. The third kappa shape index (κ3) is 2.36. The zero-order valence-corrected chi connectivity index (χ0v) is 10.2. The van der Waals surface area contributed by atoms with Gasteiger partial charge in [0.15, 0.2) is 0 Å². The number of rotatable bonds is 2. The number of nitrogen functional groups attached to an aromatic ring is 1. The molecule has 14 heavy (non-hydrogen) atoms. The van der Waals surface area contributed by atoms with E-state index in [9.17, 15) is 0 Å². The Bertz CT molecular complexity index is 324. The predicted molar refractivity (Wildman–Crippen MR) is 67.9 cm³/mol. The average molecular weight is 273 g/mol. The number of hydrogen-bond acceptors (Lipinski definition) is 3. The van der Waals surface area contributed by atoms with Crippen LogP contribution in [-0.4, -0.2) is 17.5 Å². The van der Waals surface area contributed by atoms with E-state index in [1.165, 1.54) is 17.9 Å². The van der Waals surface area contributed by atoms with Crippen LogP contribution >= 0.6 is 27.7 Å². The van der Waals surface area contributed by atoms with Crippen molar-refractivity contribution in [3.8, 4) is 0 Å². The van der Waals surface area contributed by atoms with Crippen molar-refractivity contribution in [3.63, 3.8) is 0 Å². The maximum atomic E-state index is 5.67. The largest absolute Gasteiger partial charge is 0.399 e. The second-order valence-corrected chi connectivity index (χ2v) is 5.45. The molecular formula is C10H13BrN2S. The topological polar surface area (TPSA) is 38.0 Å². The van der Waals surface area contributed by atoms with Gasteiger partial charge in [-0.15, -0.1) is 0 Å². The monoisotopic (exact) mass is 272 g/mol. The van der Waals surface area contributed by atoms with Crippen molar-refractivity contribution < 1.29 is 0 Å². The SMILES string of the molecule is Nc1ccc(NC2CCSC2)c(Br)c1. The van der Waals surface area contributed by atoms with Crippen molar-refractivity contribution >= 4 is 39.1 Å². The molecule has 0 spiro atoms. The van der Waals surface area contributed by atoms with E-state index in [0.29, 0.717) is 6.04 Å². The molecule has 1 atom stereocenters. The van der Waals surface area contributed by atoms with E-state index in [-0.39, 0.29) is 0 Å². The molecule has 0 saturated carbocycles. The Morgan fingerprint density at radius 1 is 1.50 bits per heavy atom. The summed E-state index contributed by atoms with van der Waals surface area (Å²) in [4.78, 5) is 0. The maximum absolute atomic E-state index is 5.67. The van der Waals surface area contributed by atoms with Gasteiger partial charge in [0.2, 0.25) is 0 Å². The van der Waals surface area contributed by atoms with Gasteiger partial charge in [-0.25, -0.2) is 0 Å². The van der Waals surface area contributed by atoms with Crippen LogP contribution in [0.2, 0.25) is 0 Å². The highest BCUT2D eigenvalue weighted by Crippen LogP contribution is 2.28. The minimum Gasteiger partial charge on any atom is -0.399 e. The number of anilines is 2. The van der Waals surface area contributed by atoms with Gasteiger partial charge in [-0.05, 0) is 46.3 Å². The van der Waals surface area contributed by atoms with E-state index in [0.717, 1.165) is 15.8 Å². The first-order valence-corrected chi connectivity index (χ1v) is 6.60. The summed E-state index contributed by atoms with van der Waals surface area (Å²) in [6, 6.07) is 6.50. The molecule has 2 rings (SSSR count). The first-order chi connectivity index (χ1) is 6.75. The van der Waals surface area contributed by atoms with Gasteiger partial charge < -0.3 is 11.1 Å². The average Bonchev–Trinajstić information content (AvgIpc) is 2.62. The van der Waals surface area contributed by atoms with Crippen LogP contribution < -0.4 is 11.1 Å². The minimum atomic E-state index is 0.611. The van der Waals surface area contributed by atoms with Gasteiger partial charge in [0.1, 0.15) is 0 Å². The van der Waals surface area contributed by atoms with Gasteiger partial charge in [0.25, 0.3) is 0 Å². The van der Waals surface area contributed by atoms with Crippen LogP contribution in [-0.2, 0) is 0 Å². The van der Waals surface area contributed by atoms with Gasteiger partial charge in [0, 0.05) is 27.6 Å². The van der Waals surface area contributed by atoms with Crippen molar-refractivity contribution in [1.29, 1.82) is 0 Å². The first kappa shape index (κ1) is 10.2. The van der Waals surface area contributed by atoms with E-state index in [1.807, 2.05) is 30.0 Å². The first-order valence-electron chi connectivity index (χ1n) is 4.65. The number of hydrogen-bond donors (Lipinski definition) is 2. The molecule has 0 radical (unpaired) electrons. The van der Waals surface area contributed by atoms with Gasteiger partial charge in [-0.3, -0.25) is 0 Å². The van der Waals surface area contributed by atoms with Crippen LogP contribution in [0.4, 0.5) is 11.4 Å². The lowest BCUT2D eigenvalue weighted by atomic mass is 10.2. The highest BCUT2D eigenvalue weighted by Gasteiger charge is 2.15. The molecule has 1 heterocycles. The van der Waals surface area contributed by atoms with Crippen LogP contribution in [0, 0.1) is 0 Å². The summed E-state index contributed by atoms with van der Waals surface area (Å²) < 4.78 is 1.05. The fraction of sp³-hybridized carbons (Fsp3) is 0.400. The molecule has 1 fully saturated rings. The van der Waals surface area contributed by atoms with Crippen LogP contribution in [0.25, 0.3) is 0 Å². The molecule has 0 amide bonds. The molecule has 1 aromatic carbocycles. The van der Waals surface area contributed by atoms with Crippen LogP contribution in [0.15, 0.2) is 22.7 Å². The molecule has 4 heteroatoms. The lowest BCUT2D eigenvalue weighted by Crippen LogP contribution is -2.18. The molecule has 1 saturated heterocycles. The quantitative estimate of drug-likeness (QED) is 0.814. The fourth-order valence-electron chi connectivity index (χ4n) is 1.52. The summed E-state index contributed by atoms with van der Waals surface area (Å²) in [5, 5.41) is 3.51. The van der Waals surface area contributed by atoms with Crippen molar-refractivity contribution in [2.24, 2.45) is 0 Å². The van der Waals surface area contributed by atoms with E-state index >= 15 is 0 Å². The molecule has 0 bridgehead atoms. The molecule has 1 unspecified atom stereocenters. The second-order valence-electron chi connectivity index (χ2n) is 3.44. The lowest BCUT2D eigenvalue weighted by Gasteiger charge is -2.14. The molecule has 0 aromatic heterocycles. The van der Waals surface area contributed by atoms with Gasteiger partial charge in [0.05, 0.1) is 0 Å². The Balaban J connectivity index is 2.08. The Hall–Kier alpha value is -0.350. The maximum Gasteiger partial charge on any atom is 0.0488 e. The van der Waals surface area contributed by atoms with E-state index in [2.05, 4.69) is 21.2 Å². The molecule has 0 aliphatic carbocycles. The minimum absolute atomic E-state index is 0.611. The highest BCUT2D eigenvalue weighted by atomic mass is 79.9. The summed E-state index contributed by atoms with van der Waals surface area (Å²) >= 11 is 5.51. The lowest BCUT2D eigenvalue weighted by molar-refractivity contribution is 0.812. The predicted octanol–water partition coefficient (Wildman–Crippen LogP) is 2.95. The number of thioether (sulfide) groups is 1. The second kappa shape index (κ2) is 4.45. The number of benzene rings is 1. The van der Waals surface area contributed by atoms with Crippen LogP contribution in [0.1, 0.15) is 6.42 Å². The van der Waals surface area contributed by atoms with E-state index in [1.54, 1.807) is 0 Å². The summed E-state index contributed by atoms with van der Waals surface area (Å²) in [6.07, 6.45) is 1.25. The van der Waals surface area contributed by atoms with Crippen LogP contribution in [0.5, 0.6) is 0 Å². The summed E-state index contributed by atoms with van der Waals surface area (Å²) in [7, 11) is 0. The number of halogens is 1. The van der Waals surface area contributed by atoms with E-state index < -0.39 is 0 Å². The van der Waals surface area contributed by atoms with E-state index in [4.69, 9.17) is 5.73 Å². The fourth-order valence-corrected chi connectivity index (χ4v) is 3.18. The zero-order chi connectivity index (χ0) is 9.97. The van der Waals surface area contributed by atoms with Crippen LogP contribution in [0.3, 0.4) is 0 Å². The summed E-state index contributed by atoms with van der Waals surface area (Å²) in [5.41, 5.74) is 7.61. The molecular weight excluding hydrogens is 260 g/mol. The Labute approximate surface area is 96.8 Å². The Kier molecular flexibility index (Phi) is 3.23. The molecule has 3 N–H and O–H groups in total. The smallest absolute Gasteiger partial charge is 0.0488 e. The van der Waals surface area contributed by atoms with Gasteiger partial charge >= 0.3 is 0 Å².